The molecule has 0 spiro atoms. The average molecular weight is 332 g/mol. The number of benzene rings is 1. The number of carbonyl (C=O) groups is 1. The van der Waals surface area contributed by atoms with Crippen LogP contribution >= 0.6 is 12.2 Å². The lowest BCUT2D eigenvalue weighted by Crippen LogP contribution is -2.44. The largest absolute Gasteiger partial charge is 0.350 e. The molecule has 6 heteroatoms. The van der Waals surface area contributed by atoms with Crippen molar-refractivity contribution >= 4 is 18.1 Å². The van der Waals surface area contributed by atoms with Gasteiger partial charge < -0.3 is 5.32 Å². The van der Waals surface area contributed by atoms with Crippen LogP contribution in [0.15, 0.2) is 24.3 Å². The van der Waals surface area contributed by atoms with Gasteiger partial charge in [0.25, 0.3) is 0 Å². The molecule has 5 nitrogen and oxygen atoms in total. The van der Waals surface area contributed by atoms with Crippen LogP contribution in [0, 0.1) is 11.7 Å². The second-order valence-corrected chi connectivity index (χ2v) is 6.87. The maximum atomic E-state index is 12.4. The molecule has 1 heterocycles. The molecule has 1 aromatic carbocycles. The average Bonchev–Trinajstić information content (AvgIpc) is 2.80. The minimum atomic E-state index is -0.220. The van der Waals surface area contributed by atoms with Gasteiger partial charge in [0.1, 0.15) is 6.54 Å². The first-order valence-corrected chi connectivity index (χ1v) is 8.26. The number of carbonyl (C=O) groups excluding carboxylic acids is 1. The van der Waals surface area contributed by atoms with Crippen molar-refractivity contribution in [3.63, 3.8) is 0 Å². The third-order valence-corrected chi connectivity index (χ3v) is 4.03. The fraction of sp³-hybridized carbons (Fsp3) is 0.471. The first kappa shape index (κ1) is 17.4. The van der Waals surface area contributed by atoms with Gasteiger partial charge in [0.05, 0.1) is 0 Å². The van der Waals surface area contributed by atoms with E-state index in [1.54, 1.807) is 4.57 Å². The Morgan fingerprint density at radius 2 is 2.00 bits per heavy atom. The Labute approximate surface area is 142 Å². The number of hydrogen-bond donors (Lipinski definition) is 2. The molecule has 1 aromatic heterocycles. The predicted octanol–water partition coefficient (Wildman–Crippen LogP) is 3.61. The zero-order valence-electron chi connectivity index (χ0n) is 14.1. The van der Waals surface area contributed by atoms with Crippen LogP contribution in [0.5, 0.6) is 0 Å². The number of aromatic amines is 1. The quantitative estimate of drug-likeness (QED) is 0.794. The van der Waals surface area contributed by atoms with Crippen molar-refractivity contribution in [2.45, 2.75) is 52.6 Å². The molecule has 0 saturated heterocycles. The van der Waals surface area contributed by atoms with Crippen LogP contribution in [0.1, 0.15) is 39.2 Å². The van der Waals surface area contributed by atoms with Gasteiger partial charge in [0, 0.05) is 11.1 Å². The highest BCUT2D eigenvalue weighted by Crippen LogP contribution is 2.18. The molecule has 2 rings (SSSR count). The Bertz CT molecular complexity index is 728. The van der Waals surface area contributed by atoms with E-state index in [0.717, 1.165) is 18.4 Å². The molecule has 23 heavy (non-hydrogen) atoms. The molecule has 0 aliphatic rings. The Morgan fingerprint density at radius 3 is 2.61 bits per heavy atom. The van der Waals surface area contributed by atoms with Gasteiger partial charge >= 0.3 is 0 Å². The van der Waals surface area contributed by atoms with E-state index in [2.05, 4.69) is 22.4 Å². The van der Waals surface area contributed by atoms with E-state index in [1.165, 1.54) is 5.56 Å². The van der Waals surface area contributed by atoms with E-state index in [4.69, 9.17) is 12.2 Å². The fourth-order valence-corrected chi connectivity index (χ4v) is 2.83. The van der Waals surface area contributed by atoms with Crippen molar-refractivity contribution in [1.82, 2.24) is 20.1 Å². The SMILES string of the molecule is CCCC(C)(C)NC(=O)Cn1c(-c2ccc(C)cc2)n[nH]c1=S. The van der Waals surface area contributed by atoms with Crippen LogP contribution in [0.2, 0.25) is 0 Å². The number of nitrogens with zero attached hydrogens (tertiary/aromatic N) is 2. The second-order valence-electron chi connectivity index (χ2n) is 6.49. The topological polar surface area (TPSA) is 62.7 Å². The summed E-state index contributed by atoms with van der Waals surface area (Å²) in [5, 5.41) is 10.1. The fourth-order valence-electron chi connectivity index (χ4n) is 2.64. The number of H-pyrrole nitrogens is 1. The van der Waals surface area contributed by atoms with Crippen LogP contribution in [-0.2, 0) is 11.3 Å². The van der Waals surface area contributed by atoms with E-state index in [0.29, 0.717) is 10.6 Å². The second kappa shape index (κ2) is 7.08. The van der Waals surface area contributed by atoms with Crippen molar-refractivity contribution in [2.75, 3.05) is 0 Å². The monoisotopic (exact) mass is 332 g/mol. The Kier molecular flexibility index (Phi) is 5.36. The predicted molar refractivity (Wildman–Crippen MR) is 94.7 cm³/mol. The summed E-state index contributed by atoms with van der Waals surface area (Å²) in [7, 11) is 0. The summed E-state index contributed by atoms with van der Waals surface area (Å²) >= 11 is 5.27. The highest BCUT2D eigenvalue weighted by atomic mass is 32.1. The molecular formula is C17H24N4OS. The molecule has 2 aromatic rings. The number of hydrogen-bond acceptors (Lipinski definition) is 3. The summed E-state index contributed by atoms with van der Waals surface area (Å²) in [6.07, 6.45) is 1.95. The lowest BCUT2D eigenvalue weighted by Gasteiger charge is -2.26. The van der Waals surface area contributed by atoms with Gasteiger partial charge in [-0.25, -0.2) is 0 Å². The number of amides is 1. The molecule has 0 saturated carbocycles. The van der Waals surface area contributed by atoms with E-state index in [9.17, 15) is 4.79 Å². The lowest BCUT2D eigenvalue weighted by molar-refractivity contribution is -0.123. The molecule has 0 bridgehead atoms. The third-order valence-electron chi connectivity index (χ3n) is 3.72. The van der Waals surface area contributed by atoms with Gasteiger partial charge in [-0.3, -0.25) is 14.5 Å². The van der Waals surface area contributed by atoms with Crippen molar-refractivity contribution < 1.29 is 4.79 Å². The van der Waals surface area contributed by atoms with Gasteiger partial charge in [-0.05, 0) is 39.4 Å². The van der Waals surface area contributed by atoms with E-state index < -0.39 is 0 Å². The van der Waals surface area contributed by atoms with Crippen LogP contribution in [0.3, 0.4) is 0 Å². The molecule has 0 aliphatic heterocycles. The standard InChI is InChI=1S/C17H24N4OS/c1-5-10-17(3,4)18-14(22)11-21-15(19-20-16(21)23)13-8-6-12(2)7-9-13/h6-9H,5,10-11H2,1-4H3,(H,18,22)(H,20,23). The zero-order chi connectivity index (χ0) is 17.0. The van der Waals surface area contributed by atoms with Gasteiger partial charge in [-0.1, -0.05) is 43.2 Å². The van der Waals surface area contributed by atoms with Crippen LogP contribution < -0.4 is 5.32 Å². The third kappa shape index (κ3) is 4.51. The zero-order valence-corrected chi connectivity index (χ0v) is 15.0. The minimum Gasteiger partial charge on any atom is -0.350 e. The summed E-state index contributed by atoms with van der Waals surface area (Å²) in [5.74, 6) is 0.618. The molecule has 0 fully saturated rings. The number of aromatic nitrogens is 3. The maximum Gasteiger partial charge on any atom is 0.240 e. The smallest absolute Gasteiger partial charge is 0.240 e. The number of rotatable bonds is 6. The summed E-state index contributed by atoms with van der Waals surface area (Å²) in [4.78, 5) is 12.4. The Hall–Kier alpha value is -1.95. The molecule has 124 valence electrons. The Balaban J connectivity index is 2.21. The minimum absolute atomic E-state index is 0.0608. The molecule has 0 atom stereocenters. The lowest BCUT2D eigenvalue weighted by atomic mass is 9.99. The van der Waals surface area contributed by atoms with Crippen LogP contribution in [0.25, 0.3) is 11.4 Å². The van der Waals surface area contributed by atoms with Gasteiger partial charge in [-0.15, -0.1) is 0 Å². The summed E-state index contributed by atoms with van der Waals surface area (Å²) in [5.41, 5.74) is 1.89. The van der Waals surface area contributed by atoms with Crippen LogP contribution in [0.4, 0.5) is 0 Å². The van der Waals surface area contributed by atoms with Gasteiger partial charge in [0.2, 0.25) is 5.91 Å². The van der Waals surface area contributed by atoms with Crippen molar-refractivity contribution in [3.05, 3.63) is 34.6 Å². The van der Waals surface area contributed by atoms with E-state index in [1.807, 2.05) is 45.0 Å². The first-order chi connectivity index (χ1) is 10.8. The number of aryl methyl sites for hydroxylation is 1. The molecule has 2 N–H and O–H groups in total. The van der Waals surface area contributed by atoms with Crippen molar-refractivity contribution in [3.8, 4) is 11.4 Å². The van der Waals surface area contributed by atoms with Crippen LogP contribution in [-0.4, -0.2) is 26.2 Å². The Morgan fingerprint density at radius 1 is 1.35 bits per heavy atom. The first-order valence-electron chi connectivity index (χ1n) is 7.85. The number of nitrogens with one attached hydrogen (secondary N) is 2. The van der Waals surface area contributed by atoms with Crippen molar-refractivity contribution in [2.24, 2.45) is 0 Å². The van der Waals surface area contributed by atoms with Gasteiger partial charge in [0.15, 0.2) is 10.6 Å². The van der Waals surface area contributed by atoms with Crippen molar-refractivity contribution in [1.29, 1.82) is 0 Å². The van der Waals surface area contributed by atoms with E-state index >= 15 is 0 Å². The molecule has 1 amide bonds. The molecule has 0 radical (unpaired) electrons. The maximum absolute atomic E-state index is 12.4. The summed E-state index contributed by atoms with van der Waals surface area (Å²) in [6.45, 7) is 8.36. The van der Waals surface area contributed by atoms with E-state index in [-0.39, 0.29) is 18.0 Å². The summed E-state index contributed by atoms with van der Waals surface area (Å²) in [6, 6.07) is 8.00. The normalized spacial score (nSPS) is 11.5. The molecule has 0 aliphatic carbocycles. The highest BCUT2D eigenvalue weighted by Gasteiger charge is 2.20. The molecular weight excluding hydrogens is 308 g/mol. The molecule has 0 unspecified atom stereocenters. The summed E-state index contributed by atoms with van der Waals surface area (Å²) < 4.78 is 2.18. The highest BCUT2D eigenvalue weighted by molar-refractivity contribution is 7.71. The van der Waals surface area contributed by atoms with Gasteiger partial charge in [-0.2, -0.15) is 5.10 Å².